The van der Waals surface area contributed by atoms with Gasteiger partial charge in [-0.25, -0.2) is 0 Å². The van der Waals surface area contributed by atoms with Gasteiger partial charge >= 0.3 is 0 Å². The van der Waals surface area contributed by atoms with Gasteiger partial charge in [0.1, 0.15) is 0 Å². The van der Waals surface area contributed by atoms with Gasteiger partial charge in [0.25, 0.3) is 0 Å². The molecule has 0 aliphatic rings. The van der Waals surface area contributed by atoms with Crippen LogP contribution in [0.1, 0.15) is 115 Å². The van der Waals surface area contributed by atoms with E-state index in [-0.39, 0.29) is 0 Å². The molecule has 178 valence electrons. The minimum atomic E-state index is 0.293. The summed E-state index contributed by atoms with van der Waals surface area (Å²) in [7, 11) is 0. The summed E-state index contributed by atoms with van der Waals surface area (Å²) >= 11 is 0. The van der Waals surface area contributed by atoms with Crippen LogP contribution in [0, 0.1) is 12.3 Å². The molecule has 0 saturated carbocycles. The zero-order valence-corrected chi connectivity index (χ0v) is 23.8. The lowest BCUT2D eigenvalue weighted by Gasteiger charge is -2.18. The molecule has 0 bridgehead atoms. The van der Waals surface area contributed by atoms with Crippen LogP contribution >= 0.6 is 0 Å². The molecule has 2 aromatic rings. The molecule has 0 aliphatic carbocycles. The first kappa shape index (κ1) is 39.0. The topological polar surface area (TPSA) is 0 Å². The lowest BCUT2D eigenvalue weighted by atomic mass is 9.87. The Bertz CT molecular complexity index is 475. The molecule has 2 rings (SSSR count). The van der Waals surface area contributed by atoms with Crippen LogP contribution in [0.5, 0.6) is 0 Å². The van der Waals surface area contributed by atoms with E-state index >= 15 is 0 Å². The quantitative estimate of drug-likeness (QED) is 0.399. The van der Waals surface area contributed by atoms with Gasteiger partial charge in [-0.15, -0.1) is 0 Å². The van der Waals surface area contributed by atoms with E-state index in [9.17, 15) is 0 Å². The van der Waals surface area contributed by atoms with E-state index in [1.165, 1.54) is 11.1 Å². The fourth-order valence-corrected chi connectivity index (χ4v) is 1.47. The molecule has 0 amide bonds. The van der Waals surface area contributed by atoms with Crippen LogP contribution in [0.2, 0.25) is 0 Å². The number of rotatable bonds is 0. The van der Waals surface area contributed by atoms with Crippen molar-refractivity contribution in [3.63, 3.8) is 0 Å². The van der Waals surface area contributed by atoms with Crippen molar-refractivity contribution in [3.8, 4) is 0 Å². The van der Waals surface area contributed by atoms with Gasteiger partial charge in [-0.1, -0.05) is 170 Å². The highest BCUT2D eigenvalue weighted by Gasteiger charge is 2.11. The molecule has 0 N–H and O–H groups in total. The van der Waals surface area contributed by atoms with E-state index in [0.717, 1.165) is 0 Å². The van der Waals surface area contributed by atoms with Crippen molar-refractivity contribution in [2.24, 2.45) is 5.41 Å². The van der Waals surface area contributed by atoms with Crippen molar-refractivity contribution in [1.29, 1.82) is 0 Å². The Morgan fingerprint density at radius 2 is 0.667 bits per heavy atom. The van der Waals surface area contributed by atoms with Crippen molar-refractivity contribution in [2.75, 3.05) is 0 Å². The molecule has 30 heavy (non-hydrogen) atoms. The second kappa shape index (κ2) is 27.4. The highest BCUT2D eigenvalue weighted by atomic mass is 14.2. The molecule has 0 heteroatoms. The number of aryl methyl sites for hydroxylation is 1. The van der Waals surface area contributed by atoms with Gasteiger partial charge in [0.15, 0.2) is 0 Å². The van der Waals surface area contributed by atoms with Crippen molar-refractivity contribution >= 4 is 0 Å². The second-order valence-corrected chi connectivity index (χ2v) is 8.27. The zero-order chi connectivity index (χ0) is 25.2. The normalized spacial score (nSPS) is 8.67. The molecular formula is C30H58. The predicted molar refractivity (Wildman–Crippen MR) is 147 cm³/mol. The highest BCUT2D eigenvalue weighted by Crippen LogP contribution is 2.20. The molecule has 0 fully saturated rings. The third kappa shape index (κ3) is 41.0. The van der Waals surface area contributed by atoms with Crippen LogP contribution in [-0.2, 0) is 5.41 Å². The maximum absolute atomic E-state index is 2.22. The van der Waals surface area contributed by atoms with Crippen LogP contribution in [0.25, 0.3) is 0 Å². The van der Waals surface area contributed by atoms with E-state index < -0.39 is 0 Å². The van der Waals surface area contributed by atoms with Crippen LogP contribution in [0.15, 0.2) is 60.7 Å². The fraction of sp³-hybridized carbons (Fsp3) is 0.600. The van der Waals surface area contributed by atoms with E-state index in [2.05, 4.69) is 97.9 Å². The molecule has 0 aromatic heterocycles. The first-order valence-electron chi connectivity index (χ1n) is 12.1. The smallest absolute Gasteiger partial charge is 0.0132 e. The van der Waals surface area contributed by atoms with E-state index in [1.54, 1.807) is 0 Å². The SMILES string of the molecule is CC.CC.CC.CC.CC(C)(C)C.CC(C)(C)c1ccccc1.Cc1ccccc1. The summed E-state index contributed by atoms with van der Waals surface area (Å²) in [4.78, 5) is 0. The van der Waals surface area contributed by atoms with Gasteiger partial charge in [0.05, 0.1) is 0 Å². The molecule has 0 nitrogen and oxygen atoms in total. The maximum atomic E-state index is 2.22. The molecule has 2 aromatic carbocycles. The highest BCUT2D eigenvalue weighted by molar-refractivity contribution is 5.22. The number of benzene rings is 2. The molecule has 0 aliphatic heterocycles. The lowest BCUT2D eigenvalue weighted by molar-refractivity contribution is 0.469. The fourth-order valence-electron chi connectivity index (χ4n) is 1.47. The Kier molecular flexibility index (Phi) is 35.6. The van der Waals surface area contributed by atoms with Crippen LogP contribution in [0.4, 0.5) is 0 Å². The number of hydrogen-bond donors (Lipinski definition) is 0. The van der Waals surface area contributed by atoms with Crippen LogP contribution in [-0.4, -0.2) is 0 Å². The summed E-state index contributed by atoms with van der Waals surface area (Å²) in [6, 6.07) is 20.8. The average molecular weight is 419 g/mol. The minimum absolute atomic E-state index is 0.293. The van der Waals surface area contributed by atoms with Gasteiger partial charge < -0.3 is 0 Å². The number of hydrogen-bond acceptors (Lipinski definition) is 0. The van der Waals surface area contributed by atoms with E-state index in [1.807, 2.05) is 73.6 Å². The second-order valence-electron chi connectivity index (χ2n) is 8.27. The molecular weight excluding hydrogens is 360 g/mol. The summed E-state index contributed by atoms with van der Waals surface area (Å²) in [5, 5.41) is 0. The van der Waals surface area contributed by atoms with E-state index in [4.69, 9.17) is 0 Å². The molecule has 0 spiro atoms. The van der Waals surface area contributed by atoms with Crippen LogP contribution < -0.4 is 0 Å². The molecule has 0 unspecified atom stereocenters. The van der Waals surface area contributed by atoms with Gasteiger partial charge in [-0.3, -0.25) is 0 Å². The minimum Gasteiger partial charge on any atom is -0.0683 e. The maximum Gasteiger partial charge on any atom is -0.0132 e. The van der Waals surface area contributed by atoms with Crippen molar-refractivity contribution in [3.05, 3.63) is 71.8 Å². The molecule has 0 saturated heterocycles. The molecule has 0 radical (unpaired) electrons. The van der Waals surface area contributed by atoms with Gasteiger partial charge in [0.2, 0.25) is 0 Å². The lowest BCUT2D eigenvalue weighted by Crippen LogP contribution is -2.10. The summed E-state index contributed by atoms with van der Waals surface area (Å²) < 4.78 is 0. The summed E-state index contributed by atoms with van der Waals surface area (Å²) in [6.07, 6.45) is 0. The Hall–Kier alpha value is -1.56. The first-order valence-corrected chi connectivity index (χ1v) is 12.1. The van der Waals surface area contributed by atoms with Crippen molar-refractivity contribution < 1.29 is 0 Å². The summed E-state index contributed by atoms with van der Waals surface area (Å²) in [6.45, 7) is 33.5. The Morgan fingerprint density at radius 1 is 0.433 bits per heavy atom. The molecule has 0 atom stereocenters. The predicted octanol–water partition coefficient (Wildman–Crippen LogP) is 11.1. The monoisotopic (exact) mass is 418 g/mol. The summed E-state index contributed by atoms with van der Waals surface area (Å²) in [5.41, 5.74) is 3.51. The Balaban J connectivity index is -0.0000000923. The zero-order valence-electron chi connectivity index (χ0n) is 23.8. The van der Waals surface area contributed by atoms with Crippen molar-refractivity contribution in [1.82, 2.24) is 0 Å². The van der Waals surface area contributed by atoms with E-state index in [0.29, 0.717) is 10.8 Å². The Morgan fingerprint density at radius 3 is 0.800 bits per heavy atom. The van der Waals surface area contributed by atoms with Crippen LogP contribution in [0.3, 0.4) is 0 Å². The Labute approximate surface area is 193 Å². The standard InChI is InChI=1S/C10H14.C7H8.C5H12.4C2H6/c1-10(2,3)9-7-5-4-6-8-9;1-7-5-3-2-4-6-7;1-5(2,3)4;4*1-2/h4-8H,1-3H3;2-6H,1H3;1-4H3;4*1-2H3. The van der Waals surface area contributed by atoms with Gasteiger partial charge in [0, 0.05) is 0 Å². The van der Waals surface area contributed by atoms with Gasteiger partial charge in [-0.2, -0.15) is 0 Å². The average Bonchev–Trinajstić information content (AvgIpc) is 2.74. The largest absolute Gasteiger partial charge is 0.0683 e. The third-order valence-corrected chi connectivity index (χ3v) is 2.58. The summed E-state index contributed by atoms with van der Waals surface area (Å²) in [5.74, 6) is 0. The van der Waals surface area contributed by atoms with Gasteiger partial charge in [-0.05, 0) is 23.3 Å². The molecule has 0 heterocycles. The third-order valence-electron chi connectivity index (χ3n) is 2.58. The first-order chi connectivity index (χ1) is 14.0. The van der Waals surface area contributed by atoms with Crippen molar-refractivity contribution in [2.45, 2.75) is 116 Å².